The van der Waals surface area contributed by atoms with Crippen molar-refractivity contribution in [2.45, 2.75) is 6.42 Å². The van der Waals surface area contributed by atoms with Gasteiger partial charge in [-0.3, -0.25) is 9.59 Å². The highest BCUT2D eigenvalue weighted by Gasteiger charge is 2.19. The Kier molecular flexibility index (Phi) is 6.85. The number of ether oxygens (including phenoxy) is 1. The van der Waals surface area contributed by atoms with Gasteiger partial charge in [0.25, 0.3) is 5.91 Å². The number of halogens is 1. The van der Waals surface area contributed by atoms with E-state index in [0.717, 1.165) is 0 Å². The van der Waals surface area contributed by atoms with Gasteiger partial charge in [-0.15, -0.1) is 6.42 Å². The van der Waals surface area contributed by atoms with E-state index in [9.17, 15) is 14.0 Å². The summed E-state index contributed by atoms with van der Waals surface area (Å²) in [5.41, 5.74) is 2.32. The first-order valence-electron chi connectivity index (χ1n) is 11.0. The van der Waals surface area contributed by atoms with Gasteiger partial charge in [-0.1, -0.05) is 5.92 Å². The number of rotatable bonds is 6. The monoisotopic (exact) mass is 463 g/mol. The lowest BCUT2D eigenvalue weighted by molar-refractivity contribution is 0.0827. The summed E-state index contributed by atoms with van der Waals surface area (Å²) in [6.07, 6.45) is 5.83. The van der Waals surface area contributed by atoms with Crippen LogP contribution in [0, 0.1) is 18.2 Å². The highest BCUT2D eigenvalue weighted by Crippen LogP contribution is 2.26. The molecule has 4 rings (SSSR count). The van der Waals surface area contributed by atoms with E-state index in [1.165, 1.54) is 23.1 Å². The van der Waals surface area contributed by atoms with Crippen molar-refractivity contribution in [2.75, 3.05) is 57.2 Å². The quantitative estimate of drug-likeness (QED) is 0.567. The predicted octanol–water partition coefficient (Wildman–Crippen LogP) is 3.11. The summed E-state index contributed by atoms with van der Waals surface area (Å²) >= 11 is 0. The highest BCUT2D eigenvalue weighted by molar-refractivity contribution is 5.98. The normalized spacial score (nSPS) is 13.5. The van der Waals surface area contributed by atoms with Crippen LogP contribution in [0.25, 0.3) is 11.0 Å². The molecule has 1 fully saturated rings. The van der Waals surface area contributed by atoms with Gasteiger partial charge in [-0.2, -0.15) is 0 Å². The Bertz CT molecular complexity index is 1320. The second-order valence-electron chi connectivity index (χ2n) is 8.31. The third kappa shape index (κ3) is 5.05. The Morgan fingerprint density at radius 2 is 1.94 bits per heavy atom. The zero-order valence-corrected chi connectivity index (χ0v) is 19.2. The minimum atomic E-state index is -0.428. The molecule has 0 radical (unpaired) electrons. The van der Waals surface area contributed by atoms with Crippen LogP contribution < -0.4 is 15.6 Å². The zero-order chi connectivity index (χ0) is 24.2. The first-order chi connectivity index (χ1) is 16.4. The van der Waals surface area contributed by atoms with Crippen molar-refractivity contribution in [1.29, 1.82) is 0 Å². The van der Waals surface area contributed by atoms with Crippen LogP contribution in [-0.2, 0) is 11.2 Å². The molecular weight excluding hydrogens is 437 g/mol. The SMILES string of the molecule is C#Cc1cc(F)cc(NCCc2cc(C(=O)N(C)C)cc3c(=O)cc(N4CCOCC4)oc23)c1. The lowest BCUT2D eigenvalue weighted by Gasteiger charge is -2.27. The van der Waals surface area contributed by atoms with Crippen LogP contribution in [0.15, 0.2) is 45.6 Å². The molecule has 1 saturated heterocycles. The Labute approximate surface area is 197 Å². The van der Waals surface area contributed by atoms with Crippen molar-refractivity contribution in [3.05, 3.63) is 69.1 Å². The number of nitrogens with one attached hydrogen (secondary N) is 1. The van der Waals surface area contributed by atoms with E-state index in [1.807, 2.05) is 4.90 Å². The van der Waals surface area contributed by atoms with Crippen molar-refractivity contribution in [2.24, 2.45) is 0 Å². The van der Waals surface area contributed by atoms with Crippen LogP contribution in [0.4, 0.5) is 16.0 Å². The number of hydrogen-bond donors (Lipinski definition) is 1. The van der Waals surface area contributed by atoms with Crippen molar-refractivity contribution in [1.82, 2.24) is 4.90 Å². The van der Waals surface area contributed by atoms with E-state index in [1.54, 1.807) is 32.3 Å². The second kappa shape index (κ2) is 9.98. The van der Waals surface area contributed by atoms with Crippen molar-refractivity contribution in [3.8, 4) is 12.3 Å². The van der Waals surface area contributed by atoms with Crippen molar-refractivity contribution in [3.63, 3.8) is 0 Å². The summed E-state index contributed by atoms with van der Waals surface area (Å²) in [5, 5.41) is 3.51. The molecule has 1 aliphatic rings. The fourth-order valence-corrected chi connectivity index (χ4v) is 3.94. The molecular formula is C26H26FN3O4. The number of hydrogen-bond acceptors (Lipinski definition) is 6. The Morgan fingerprint density at radius 3 is 2.65 bits per heavy atom. The number of morpholine rings is 1. The lowest BCUT2D eigenvalue weighted by Crippen LogP contribution is -2.36. The van der Waals surface area contributed by atoms with E-state index in [0.29, 0.717) is 78.5 Å². The largest absolute Gasteiger partial charge is 0.440 e. The van der Waals surface area contributed by atoms with Crippen LogP contribution >= 0.6 is 0 Å². The molecule has 34 heavy (non-hydrogen) atoms. The van der Waals surface area contributed by atoms with Gasteiger partial charge in [-0.25, -0.2) is 4.39 Å². The van der Waals surface area contributed by atoms with Crippen molar-refractivity contribution >= 4 is 28.4 Å². The average Bonchev–Trinajstić information content (AvgIpc) is 2.83. The Balaban J connectivity index is 1.70. The number of benzene rings is 2. The van der Waals surface area contributed by atoms with Gasteiger partial charge < -0.3 is 24.3 Å². The molecule has 1 aliphatic heterocycles. The number of nitrogens with zero attached hydrogens (tertiary/aromatic N) is 2. The molecule has 1 aromatic heterocycles. The third-order valence-corrected chi connectivity index (χ3v) is 5.66. The van der Waals surface area contributed by atoms with E-state index < -0.39 is 5.82 Å². The fraction of sp³-hybridized carbons (Fsp3) is 0.308. The number of amides is 1. The number of anilines is 2. The van der Waals surface area contributed by atoms with Gasteiger partial charge in [-0.05, 0) is 42.3 Å². The molecule has 2 aromatic carbocycles. The molecule has 0 saturated carbocycles. The third-order valence-electron chi connectivity index (χ3n) is 5.66. The lowest BCUT2D eigenvalue weighted by atomic mass is 10.0. The van der Waals surface area contributed by atoms with Crippen LogP contribution in [0.5, 0.6) is 0 Å². The summed E-state index contributed by atoms with van der Waals surface area (Å²) < 4.78 is 25.4. The first kappa shape index (κ1) is 23.3. The van der Waals surface area contributed by atoms with Gasteiger partial charge >= 0.3 is 0 Å². The Morgan fingerprint density at radius 1 is 1.18 bits per heavy atom. The van der Waals surface area contributed by atoms with Gasteiger partial charge in [0.1, 0.15) is 11.4 Å². The van der Waals surface area contributed by atoms with Gasteiger partial charge in [0.2, 0.25) is 0 Å². The van der Waals surface area contributed by atoms with Gasteiger partial charge in [0.15, 0.2) is 11.3 Å². The van der Waals surface area contributed by atoms with E-state index in [-0.39, 0.29) is 11.3 Å². The van der Waals surface area contributed by atoms with Crippen LogP contribution in [0.3, 0.4) is 0 Å². The molecule has 3 aromatic rings. The number of terminal acetylenes is 1. The van der Waals surface area contributed by atoms with Crippen molar-refractivity contribution < 1.29 is 18.3 Å². The molecule has 1 N–H and O–H groups in total. The maximum Gasteiger partial charge on any atom is 0.253 e. The summed E-state index contributed by atoms with van der Waals surface area (Å²) in [6.45, 7) is 2.77. The van der Waals surface area contributed by atoms with Gasteiger partial charge in [0, 0.05) is 56.6 Å². The molecule has 2 heterocycles. The maximum atomic E-state index is 13.8. The number of carbonyl (C=O) groups excluding carboxylic acids is 1. The van der Waals surface area contributed by atoms with E-state index in [2.05, 4.69) is 11.2 Å². The summed E-state index contributed by atoms with van der Waals surface area (Å²) in [6, 6.07) is 9.13. The first-order valence-corrected chi connectivity index (χ1v) is 11.0. The molecule has 1 amide bonds. The fourth-order valence-electron chi connectivity index (χ4n) is 3.94. The number of carbonyl (C=O) groups is 1. The summed E-state index contributed by atoms with van der Waals surface area (Å²) in [7, 11) is 3.32. The summed E-state index contributed by atoms with van der Waals surface area (Å²) in [5.74, 6) is 2.27. The minimum Gasteiger partial charge on any atom is -0.440 e. The zero-order valence-electron chi connectivity index (χ0n) is 19.2. The van der Waals surface area contributed by atoms with E-state index >= 15 is 0 Å². The van der Waals surface area contributed by atoms with Crippen LogP contribution in [0.2, 0.25) is 0 Å². The molecule has 0 atom stereocenters. The summed E-state index contributed by atoms with van der Waals surface area (Å²) in [4.78, 5) is 29.1. The molecule has 7 nitrogen and oxygen atoms in total. The highest BCUT2D eigenvalue weighted by atomic mass is 19.1. The Hall–Kier alpha value is -3.83. The second-order valence-corrected chi connectivity index (χ2v) is 8.31. The molecule has 0 unspecified atom stereocenters. The van der Waals surface area contributed by atoms with Crippen LogP contribution in [0.1, 0.15) is 21.5 Å². The molecule has 176 valence electrons. The number of fused-ring (bicyclic) bond motifs is 1. The molecule has 0 bridgehead atoms. The standard InChI is InChI=1S/C26H26FN3O4/c1-4-17-11-20(27)15-21(12-17)28-6-5-18-13-19(26(32)29(2)3)14-22-23(31)16-24(34-25(18)22)30-7-9-33-10-8-30/h1,11-16,28H,5-10H2,2-3H3. The molecule has 0 spiro atoms. The molecule has 8 heteroatoms. The average molecular weight is 464 g/mol. The van der Waals surface area contributed by atoms with E-state index in [4.69, 9.17) is 15.6 Å². The maximum absolute atomic E-state index is 13.8. The minimum absolute atomic E-state index is 0.212. The topological polar surface area (TPSA) is 75.0 Å². The predicted molar refractivity (Wildman–Crippen MR) is 130 cm³/mol. The van der Waals surface area contributed by atoms with Crippen LogP contribution in [-0.4, -0.2) is 57.8 Å². The van der Waals surface area contributed by atoms with Gasteiger partial charge in [0.05, 0.1) is 18.6 Å². The molecule has 0 aliphatic carbocycles. The smallest absolute Gasteiger partial charge is 0.253 e.